The lowest BCUT2D eigenvalue weighted by molar-refractivity contribution is -0.145. The molecule has 5 heteroatoms. The molecular weight excluding hydrogens is 328 g/mol. The van der Waals surface area contributed by atoms with Crippen molar-refractivity contribution in [1.82, 2.24) is 9.80 Å². The summed E-state index contributed by atoms with van der Waals surface area (Å²) < 4.78 is 5.31. The number of hydrogen-bond acceptors (Lipinski definition) is 4. The van der Waals surface area contributed by atoms with Crippen molar-refractivity contribution < 1.29 is 14.6 Å². The zero-order valence-electron chi connectivity index (χ0n) is 16.6. The van der Waals surface area contributed by atoms with E-state index in [9.17, 15) is 9.90 Å². The van der Waals surface area contributed by atoms with Gasteiger partial charge in [0.1, 0.15) is 6.61 Å². The summed E-state index contributed by atoms with van der Waals surface area (Å²) in [5, 5.41) is 10.8. The van der Waals surface area contributed by atoms with Gasteiger partial charge in [-0.25, -0.2) is 0 Å². The van der Waals surface area contributed by atoms with Gasteiger partial charge in [0, 0.05) is 38.2 Å². The SMILES string of the molecule is CCOCC(=O)N1CCC[C@@]2(CN(CCC3CCCCC3)CC[C@H]2O)C1. The number of hydrogen-bond donors (Lipinski definition) is 1. The summed E-state index contributed by atoms with van der Waals surface area (Å²) in [6.45, 7) is 7.27. The van der Waals surface area contributed by atoms with Gasteiger partial charge < -0.3 is 19.6 Å². The molecule has 3 rings (SSSR count). The monoisotopic (exact) mass is 366 g/mol. The lowest BCUT2D eigenvalue weighted by atomic mass is 9.71. The van der Waals surface area contributed by atoms with Gasteiger partial charge in [-0.3, -0.25) is 4.79 Å². The van der Waals surface area contributed by atoms with E-state index < -0.39 is 0 Å². The molecular formula is C21H38N2O3. The summed E-state index contributed by atoms with van der Waals surface area (Å²) >= 11 is 0. The van der Waals surface area contributed by atoms with E-state index >= 15 is 0 Å². The quantitative estimate of drug-likeness (QED) is 0.785. The highest BCUT2D eigenvalue weighted by Crippen LogP contribution is 2.39. The number of nitrogens with zero attached hydrogens (tertiary/aromatic N) is 2. The predicted molar refractivity (Wildman–Crippen MR) is 103 cm³/mol. The molecule has 5 nitrogen and oxygen atoms in total. The van der Waals surface area contributed by atoms with Crippen LogP contribution in [0, 0.1) is 11.3 Å². The van der Waals surface area contributed by atoms with Crippen molar-refractivity contribution in [3.8, 4) is 0 Å². The smallest absolute Gasteiger partial charge is 0.248 e. The second-order valence-corrected chi connectivity index (χ2v) is 8.79. The standard InChI is InChI=1S/C21H38N2O3/c1-2-26-15-20(25)23-12-6-11-21(17-23)16-22(14-10-19(21)24)13-9-18-7-4-3-5-8-18/h18-19,24H,2-17H2,1H3/t19-,21-/m1/s1. The van der Waals surface area contributed by atoms with Crippen LogP contribution < -0.4 is 0 Å². The Morgan fingerprint density at radius 2 is 1.92 bits per heavy atom. The van der Waals surface area contributed by atoms with E-state index in [1.807, 2.05) is 11.8 Å². The number of carbonyl (C=O) groups is 1. The first kappa shape index (κ1) is 20.1. The van der Waals surface area contributed by atoms with Gasteiger partial charge >= 0.3 is 0 Å². The molecule has 2 heterocycles. The Bertz CT molecular complexity index is 453. The van der Waals surface area contributed by atoms with Gasteiger partial charge in [0.15, 0.2) is 0 Å². The largest absolute Gasteiger partial charge is 0.392 e. The Hall–Kier alpha value is -0.650. The Labute approximate surface area is 159 Å². The maximum absolute atomic E-state index is 12.4. The van der Waals surface area contributed by atoms with Crippen molar-refractivity contribution in [3.05, 3.63) is 0 Å². The van der Waals surface area contributed by atoms with E-state index in [-0.39, 0.29) is 24.0 Å². The Morgan fingerprint density at radius 3 is 2.69 bits per heavy atom. The minimum atomic E-state index is -0.281. The third-order valence-electron chi connectivity index (χ3n) is 6.93. The number of carbonyl (C=O) groups excluding carboxylic acids is 1. The lowest BCUT2D eigenvalue weighted by Crippen LogP contribution is -2.60. The Kier molecular flexibility index (Phi) is 7.35. The van der Waals surface area contributed by atoms with Crippen LogP contribution in [0.2, 0.25) is 0 Å². The van der Waals surface area contributed by atoms with Crippen molar-refractivity contribution in [2.24, 2.45) is 11.3 Å². The highest BCUT2D eigenvalue weighted by atomic mass is 16.5. The summed E-state index contributed by atoms with van der Waals surface area (Å²) in [6, 6.07) is 0. The van der Waals surface area contributed by atoms with Gasteiger partial charge in [-0.05, 0) is 45.1 Å². The Balaban J connectivity index is 1.54. The summed E-state index contributed by atoms with van der Waals surface area (Å²) in [4.78, 5) is 16.9. The third kappa shape index (κ3) is 4.99. The van der Waals surface area contributed by atoms with Crippen LogP contribution in [0.15, 0.2) is 0 Å². The molecule has 0 bridgehead atoms. The summed E-state index contributed by atoms with van der Waals surface area (Å²) in [7, 11) is 0. The maximum Gasteiger partial charge on any atom is 0.248 e. The molecule has 1 amide bonds. The van der Waals surface area contributed by atoms with Gasteiger partial charge in [-0.2, -0.15) is 0 Å². The number of ether oxygens (including phenoxy) is 1. The second-order valence-electron chi connectivity index (χ2n) is 8.79. The van der Waals surface area contributed by atoms with Gasteiger partial charge in [0.25, 0.3) is 0 Å². The van der Waals surface area contributed by atoms with Gasteiger partial charge in [-0.1, -0.05) is 32.1 Å². The maximum atomic E-state index is 12.4. The van der Waals surface area contributed by atoms with Crippen LogP contribution >= 0.6 is 0 Å². The van der Waals surface area contributed by atoms with Crippen LogP contribution in [0.4, 0.5) is 0 Å². The normalized spacial score (nSPS) is 31.5. The number of piperidine rings is 2. The Morgan fingerprint density at radius 1 is 1.12 bits per heavy atom. The molecule has 3 fully saturated rings. The molecule has 0 aromatic heterocycles. The van der Waals surface area contributed by atoms with E-state index in [4.69, 9.17) is 4.74 Å². The molecule has 2 saturated heterocycles. The van der Waals surface area contributed by atoms with Crippen molar-refractivity contribution in [2.45, 2.75) is 70.8 Å². The number of amides is 1. The summed E-state index contributed by atoms with van der Waals surface area (Å²) in [5.74, 6) is 0.986. The topological polar surface area (TPSA) is 53.0 Å². The minimum absolute atomic E-state index is 0.0810. The first-order chi connectivity index (χ1) is 12.6. The molecule has 0 aromatic rings. The zero-order chi connectivity index (χ0) is 18.4. The molecule has 0 unspecified atom stereocenters. The van der Waals surface area contributed by atoms with E-state index in [2.05, 4.69) is 4.90 Å². The number of aliphatic hydroxyl groups is 1. The number of likely N-dealkylation sites (tertiary alicyclic amines) is 2. The first-order valence-corrected chi connectivity index (χ1v) is 10.9. The molecule has 1 aliphatic carbocycles. The van der Waals surface area contributed by atoms with Crippen LogP contribution in [-0.2, 0) is 9.53 Å². The third-order valence-corrected chi connectivity index (χ3v) is 6.93. The molecule has 0 aromatic carbocycles. The van der Waals surface area contributed by atoms with E-state index in [1.165, 1.54) is 38.5 Å². The first-order valence-electron chi connectivity index (χ1n) is 10.9. The van der Waals surface area contributed by atoms with Crippen molar-refractivity contribution in [3.63, 3.8) is 0 Å². The summed E-state index contributed by atoms with van der Waals surface area (Å²) in [5.41, 5.74) is -0.134. The molecule has 0 radical (unpaired) electrons. The fourth-order valence-corrected chi connectivity index (χ4v) is 5.33. The molecule has 26 heavy (non-hydrogen) atoms. The molecule has 3 aliphatic rings. The van der Waals surface area contributed by atoms with Crippen LogP contribution in [0.3, 0.4) is 0 Å². The van der Waals surface area contributed by atoms with Crippen LogP contribution in [-0.4, -0.2) is 72.9 Å². The fraction of sp³-hybridized carbons (Fsp3) is 0.952. The second kappa shape index (κ2) is 9.52. The van der Waals surface area contributed by atoms with Crippen molar-refractivity contribution in [1.29, 1.82) is 0 Å². The van der Waals surface area contributed by atoms with Crippen LogP contribution in [0.5, 0.6) is 0 Å². The molecule has 150 valence electrons. The molecule has 1 spiro atoms. The van der Waals surface area contributed by atoms with E-state index in [0.717, 1.165) is 51.4 Å². The average Bonchev–Trinajstić information content (AvgIpc) is 2.68. The van der Waals surface area contributed by atoms with E-state index in [1.54, 1.807) is 0 Å². The highest BCUT2D eigenvalue weighted by molar-refractivity contribution is 5.77. The van der Waals surface area contributed by atoms with Crippen LogP contribution in [0.25, 0.3) is 0 Å². The van der Waals surface area contributed by atoms with Gasteiger partial charge in [0.05, 0.1) is 6.10 Å². The summed E-state index contributed by atoms with van der Waals surface area (Å²) in [6.07, 6.45) is 10.9. The molecule has 2 aliphatic heterocycles. The molecule has 2 atom stereocenters. The lowest BCUT2D eigenvalue weighted by Gasteiger charge is -2.51. The van der Waals surface area contributed by atoms with Gasteiger partial charge in [0.2, 0.25) is 5.91 Å². The van der Waals surface area contributed by atoms with Crippen molar-refractivity contribution in [2.75, 3.05) is 45.9 Å². The highest BCUT2D eigenvalue weighted by Gasteiger charge is 2.46. The average molecular weight is 367 g/mol. The van der Waals surface area contributed by atoms with E-state index in [0.29, 0.717) is 13.2 Å². The number of rotatable bonds is 6. The molecule has 1 N–H and O–H groups in total. The van der Waals surface area contributed by atoms with Gasteiger partial charge in [-0.15, -0.1) is 0 Å². The number of aliphatic hydroxyl groups excluding tert-OH is 1. The van der Waals surface area contributed by atoms with Crippen molar-refractivity contribution >= 4 is 5.91 Å². The fourth-order valence-electron chi connectivity index (χ4n) is 5.33. The molecule has 1 saturated carbocycles. The van der Waals surface area contributed by atoms with Crippen LogP contribution in [0.1, 0.15) is 64.7 Å². The zero-order valence-corrected chi connectivity index (χ0v) is 16.6. The minimum Gasteiger partial charge on any atom is -0.392 e. The predicted octanol–water partition coefficient (Wildman–Crippen LogP) is 2.67.